The average Bonchev–Trinajstić information content (AvgIpc) is 1.85. The smallest absolute Gasteiger partial charge is 0.0164 e. The lowest BCUT2D eigenvalue weighted by molar-refractivity contribution is 0.606. The highest BCUT2D eigenvalue weighted by molar-refractivity contribution is 4.80. The summed E-state index contributed by atoms with van der Waals surface area (Å²) >= 11 is 0. The van der Waals surface area contributed by atoms with Crippen molar-refractivity contribution in [2.24, 2.45) is 11.8 Å². The van der Waals surface area contributed by atoms with Crippen molar-refractivity contribution < 1.29 is 0 Å². The molecule has 66 valence electrons. The van der Waals surface area contributed by atoms with Gasteiger partial charge in [-0.25, -0.2) is 0 Å². The number of allylic oxidation sites excluding steroid dienone is 1. The highest BCUT2D eigenvalue weighted by Gasteiger charge is 1.88. The van der Waals surface area contributed by atoms with Gasteiger partial charge in [0.1, 0.15) is 0 Å². The minimum absolute atomic E-state index is 0.735. The fourth-order valence-corrected chi connectivity index (χ4v) is 0.727. The van der Waals surface area contributed by atoms with Crippen LogP contribution < -0.4 is 5.32 Å². The monoisotopic (exact) mass is 155 g/mol. The van der Waals surface area contributed by atoms with Gasteiger partial charge >= 0.3 is 0 Å². The molecule has 1 N–H and O–H groups in total. The Hall–Kier alpha value is -0.460. The van der Waals surface area contributed by atoms with Gasteiger partial charge in [0.05, 0.1) is 0 Å². The van der Waals surface area contributed by atoms with E-state index in [0.29, 0.717) is 0 Å². The van der Waals surface area contributed by atoms with Crippen LogP contribution in [0.25, 0.3) is 0 Å². The largest absolute Gasteiger partial charge is 0.391 e. The van der Waals surface area contributed by atoms with E-state index in [2.05, 4.69) is 45.3 Å². The van der Waals surface area contributed by atoms with Gasteiger partial charge in [0.15, 0.2) is 0 Å². The maximum Gasteiger partial charge on any atom is 0.0164 e. The summed E-state index contributed by atoms with van der Waals surface area (Å²) in [6, 6.07) is 0. The standard InChI is InChI=1S/C10H21N/c1-9(2)6-5-7-11-8-10(3)4/h5,7,9-11H,6,8H2,1-4H3/b7-5-. The van der Waals surface area contributed by atoms with E-state index < -0.39 is 0 Å². The minimum atomic E-state index is 0.735. The summed E-state index contributed by atoms with van der Waals surface area (Å²) in [6.07, 6.45) is 5.44. The summed E-state index contributed by atoms with van der Waals surface area (Å²) in [5, 5.41) is 3.26. The Morgan fingerprint density at radius 3 is 2.18 bits per heavy atom. The number of hydrogen-bond acceptors (Lipinski definition) is 1. The second kappa shape index (κ2) is 6.26. The van der Waals surface area contributed by atoms with Gasteiger partial charge < -0.3 is 5.32 Å². The molecule has 0 fully saturated rings. The van der Waals surface area contributed by atoms with Gasteiger partial charge in [-0.2, -0.15) is 0 Å². The fraction of sp³-hybridized carbons (Fsp3) is 0.800. The Balaban J connectivity index is 3.17. The van der Waals surface area contributed by atoms with Crippen molar-refractivity contribution in [3.8, 4) is 0 Å². The molecule has 0 unspecified atom stereocenters. The number of nitrogens with one attached hydrogen (secondary N) is 1. The quantitative estimate of drug-likeness (QED) is 0.643. The van der Waals surface area contributed by atoms with Crippen LogP contribution in [0.15, 0.2) is 12.3 Å². The Morgan fingerprint density at radius 2 is 1.73 bits per heavy atom. The topological polar surface area (TPSA) is 12.0 Å². The first kappa shape index (κ1) is 10.5. The lowest BCUT2D eigenvalue weighted by atomic mass is 10.1. The summed E-state index contributed by atoms with van der Waals surface area (Å²) < 4.78 is 0. The van der Waals surface area contributed by atoms with Gasteiger partial charge in [0, 0.05) is 6.54 Å². The van der Waals surface area contributed by atoms with Crippen molar-refractivity contribution in [3.63, 3.8) is 0 Å². The molecule has 0 radical (unpaired) electrons. The maximum absolute atomic E-state index is 3.26. The molecule has 0 saturated heterocycles. The summed E-state index contributed by atoms with van der Waals surface area (Å²) in [5.41, 5.74) is 0. The van der Waals surface area contributed by atoms with E-state index in [4.69, 9.17) is 0 Å². The molecule has 0 aromatic carbocycles. The molecule has 0 amide bonds. The second-order valence-electron chi connectivity index (χ2n) is 3.83. The zero-order valence-corrected chi connectivity index (χ0v) is 8.22. The molecule has 1 nitrogen and oxygen atoms in total. The summed E-state index contributed by atoms with van der Waals surface area (Å²) in [7, 11) is 0. The normalized spacial score (nSPS) is 11.8. The zero-order chi connectivity index (χ0) is 8.69. The van der Waals surface area contributed by atoms with E-state index in [-0.39, 0.29) is 0 Å². The van der Waals surface area contributed by atoms with Crippen LogP contribution in [0.3, 0.4) is 0 Å². The third-order valence-corrected chi connectivity index (χ3v) is 1.37. The number of rotatable bonds is 5. The highest BCUT2D eigenvalue weighted by atomic mass is 14.8. The molecule has 11 heavy (non-hydrogen) atoms. The molecule has 0 aliphatic rings. The predicted molar refractivity (Wildman–Crippen MR) is 51.4 cm³/mol. The van der Waals surface area contributed by atoms with Gasteiger partial charge in [-0.15, -0.1) is 0 Å². The Morgan fingerprint density at radius 1 is 1.09 bits per heavy atom. The lowest BCUT2D eigenvalue weighted by Crippen LogP contribution is -2.12. The molecule has 0 rings (SSSR count). The van der Waals surface area contributed by atoms with Gasteiger partial charge in [-0.05, 0) is 24.5 Å². The molecule has 0 heterocycles. The van der Waals surface area contributed by atoms with Crippen LogP contribution >= 0.6 is 0 Å². The van der Waals surface area contributed by atoms with Gasteiger partial charge in [0.2, 0.25) is 0 Å². The van der Waals surface area contributed by atoms with Crippen molar-refractivity contribution >= 4 is 0 Å². The van der Waals surface area contributed by atoms with Crippen molar-refractivity contribution in [2.45, 2.75) is 34.1 Å². The molecule has 0 atom stereocenters. The molecule has 1 heteroatoms. The average molecular weight is 155 g/mol. The van der Waals surface area contributed by atoms with Crippen LogP contribution in [-0.2, 0) is 0 Å². The maximum atomic E-state index is 3.26. The summed E-state index contributed by atoms with van der Waals surface area (Å²) in [5.74, 6) is 1.51. The van der Waals surface area contributed by atoms with E-state index in [9.17, 15) is 0 Å². The Bertz CT molecular complexity index is 103. The van der Waals surface area contributed by atoms with Crippen LogP contribution in [-0.4, -0.2) is 6.54 Å². The third kappa shape index (κ3) is 9.54. The molecule has 0 aliphatic heterocycles. The Labute approximate surface area is 70.9 Å². The SMILES string of the molecule is CC(C)C/C=C\NCC(C)C. The van der Waals surface area contributed by atoms with Gasteiger partial charge in [-0.3, -0.25) is 0 Å². The van der Waals surface area contributed by atoms with Crippen molar-refractivity contribution in [1.82, 2.24) is 5.32 Å². The predicted octanol–water partition coefficient (Wildman–Crippen LogP) is 2.79. The first-order valence-electron chi connectivity index (χ1n) is 4.51. The molecular weight excluding hydrogens is 134 g/mol. The molecule has 0 spiro atoms. The minimum Gasteiger partial charge on any atom is -0.391 e. The van der Waals surface area contributed by atoms with E-state index in [1.807, 2.05) is 0 Å². The molecule has 0 aliphatic carbocycles. The molecule has 0 aromatic heterocycles. The molecule has 0 aromatic rings. The lowest BCUT2D eigenvalue weighted by Gasteiger charge is -2.03. The van der Waals surface area contributed by atoms with Crippen LogP contribution in [0.1, 0.15) is 34.1 Å². The van der Waals surface area contributed by atoms with E-state index in [1.54, 1.807) is 0 Å². The zero-order valence-electron chi connectivity index (χ0n) is 8.22. The van der Waals surface area contributed by atoms with E-state index >= 15 is 0 Å². The van der Waals surface area contributed by atoms with Gasteiger partial charge in [0.25, 0.3) is 0 Å². The number of hydrogen-bond donors (Lipinski definition) is 1. The highest BCUT2D eigenvalue weighted by Crippen LogP contribution is 1.98. The van der Waals surface area contributed by atoms with Gasteiger partial charge in [-0.1, -0.05) is 33.8 Å². The molecule has 0 saturated carbocycles. The Kier molecular flexibility index (Phi) is 6.00. The first-order chi connectivity index (χ1) is 5.13. The van der Waals surface area contributed by atoms with Crippen LogP contribution in [0, 0.1) is 11.8 Å². The van der Waals surface area contributed by atoms with Crippen molar-refractivity contribution in [2.75, 3.05) is 6.54 Å². The summed E-state index contributed by atoms with van der Waals surface area (Å²) in [6.45, 7) is 9.96. The third-order valence-electron chi connectivity index (χ3n) is 1.37. The molecule has 0 bridgehead atoms. The van der Waals surface area contributed by atoms with Crippen molar-refractivity contribution in [1.29, 1.82) is 0 Å². The molecular formula is C10H21N. The van der Waals surface area contributed by atoms with Crippen LogP contribution in [0.4, 0.5) is 0 Å². The fourth-order valence-electron chi connectivity index (χ4n) is 0.727. The first-order valence-corrected chi connectivity index (χ1v) is 4.51. The second-order valence-corrected chi connectivity index (χ2v) is 3.83. The summed E-state index contributed by atoms with van der Waals surface area (Å²) in [4.78, 5) is 0. The van der Waals surface area contributed by atoms with Crippen molar-refractivity contribution in [3.05, 3.63) is 12.3 Å². The van der Waals surface area contributed by atoms with E-state index in [1.165, 1.54) is 6.42 Å². The van der Waals surface area contributed by atoms with Crippen LogP contribution in [0.5, 0.6) is 0 Å². The van der Waals surface area contributed by atoms with Crippen LogP contribution in [0.2, 0.25) is 0 Å². The van der Waals surface area contributed by atoms with E-state index in [0.717, 1.165) is 18.4 Å².